The summed E-state index contributed by atoms with van der Waals surface area (Å²) < 4.78 is 10.6. The minimum atomic E-state index is -0.349. The molecule has 3 aliphatic rings. The summed E-state index contributed by atoms with van der Waals surface area (Å²) >= 11 is 0. The fraction of sp³-hybridized carbons (Fsp3) is 0.529. The zero-order valence-electron chi connectivity index (χ0n) is 13.4. The molecule has 0 bridgehead atoms. The smallest absolute Gasteiger partial charge is 0.279 e. The zero-order chi connectivity index (χ0) is 16.5. The minimum Gasteiger partial charge on any atom is -0.454 e. The number of quaternary nitrogens is 1. The fourth-order valence-electron chi connectivity index (χ4n) is 3.79. The number of fused-ring (bicyclic) bond motifs is 2. The summed E-state index contributed by atoms with van der Waals surface area (Å²) in [4.78, 5) is 24.5. The van der Waals surface area contributed by atoms with Crippen molar-refractivity contribution in [1.82, 2.24) is 5.32 Å². The lowest BCUT2D eigenvalue weighted by Gasteiger charge is -2.37. The first-order chi connectivity index (χ1) is 11.7. The van der Waals surface area contributed by atoms with Gasteiger partial charge in [0.15, 0.2) is 17.5 Å². The van der Waals surface area contributed by atoms with Crippen LogP contribution in [0.5, 0.6) is 11.5 Å². The number of ether oxygens (including phenoxy) is 2. The van der Waals surface area contributed by atoms with Crippen molar-refractivity contribution >= 4 is 17.5 Å². The average Bonchev–Trinajstić information content (AvgIpc) is 3.03. The van der Waals surface area contributed by atoms with Gasteiger partial charge in [-0.05, 0) is 25.0 Å². The molecule has 7 heteroatoms. The minimum absolute atomic E-state index is 0.0287. The second-order valence-corrected chi connectivity index (χ2v) is 6.68. The molecule has 0 spiro atoms. The number of rotatable bonds is 3. The summed E-state index contributed by atoms with van der Waals surface area (Å²) in [6.45, 7) is 0.201. The Bertz CT molecular complexity index is 663. The Balaban J connectivity index is 1.36. The van der Waals surface area contributed by atoms with Crippen molar-refractivity contribution in [2.45, 2.75) is 50.2 Å². The van der Waals surface area contributed by atoms with Crippen LogP contribution < -0.4 is 25.4 Å². The molecule has 24 heavy (non-hydrogen) atoms. The summed E-state index contributed by atoms with van der Waals surface area (Å²) in [5, 5.41) is 8.01. The van der Waals surface area contributed by atoms with Crippen molar-refractivity contribution in [3.05, 3.63) is 18.2 Å². The second-order valence-electron chi connectivity index (χ2n) is 6.68. The van der Waals surface area contributed by atoms with Crippen LogP contribution in [-0.4, -0.2) is 36.7 Å². The van der Waals surface area contributed by atoms with Crippen molar-refractivity contribution in [2.75, 3.05) is 12.1 Å². The fourth-order valence-corrected chi connectivity index (χ4v) is 3.79. The summed E-state index contributed by atoms with van der Waals surface area (Å²) in [5.41, 5.74) is 0.649. The molecule has 0 aromatic heterocycles. The van der Waals surface area contributed by atoms with Crippen LogP contribution in [0, 0.1) is 0 Å². The van der Waals surface area contributed by atoms with Gasteiger partial charge in [-0.25, -0.2) is 0 Å². The maximum atomic E-state index is 12.3. The van der Waals surface area contributed by atoms with Gasteiger partial charge in [-0.15, -0.1) is 0 Å². The Labute approximate surface area is 140 Å². The van der Waals surface area contributed by atoms with E-state index < -0.39 is 0 Å². The van der Waals surface area contributed by atoms with E-state index in [1.807, 2.05) is 0 Å². The third-order valence-electron chi connectivity index (χ3n) is 5.02. The lowest BCUT2D eigenvalue weighted by molar-refractivity contribution is -0.718. The number of nitrogens with one attached hydrogen (secondary N) is 2. The van der Waals surface area contributed by atoms with E-state index in [-0.39, 0.29) is 37.1 Å². The summed E-state index contributed by atoms with van der Waals surface area (Å²) in [6, 6.07) is 5.59. The van der Waals surface area contributed by atoms with Crippen LogP contribution in [0.1, 0.15) is 32.1 Å². The molecule has 2 amide bonds. The number of carbonyl (C=O) groups is 2. The molecule has 4 N–H and O–H groups in total. The van der Waals surface area contributed by atoms with Crippen molar-refractivity contribution in [2.24, 2.45) is 0 Å². The molecule has 1 saturated carbocycles. The molecule has 7 nitrogen and oxygen atoms in total. The highest BCUT2D eigenvalue weighted by molar-refractivity contribution is 5.95. The Morgan fingerprint density at radius 2 is 2.08 bits per heavy atom. The lowest BCUT2D eigenvalue weighted by Crippen LogP contribution is -3.03. The first-order valence-corrected chi connectivity index (χ1v) is 8.54. The highest BCUT2D eigenvalue weighted by Crippen LogP contribution is 2.34. The summed E-state index contributed by atoms with van der Waals surface area (Å²) in [7, 11) is 0. The molecular weight excluding hydrogens is 310 g/mol. The van der Waals surface area contributed by atoms with E-state index >= 15 is 0 Å². The molecule has 128 valence electrons. The van der Waals surface area contributed by atoms with Gasteiger partial charge in [0, 0.05) is 18.2 Å². The van der Waals surface area contributed by atoms with Crippen LogP contribution in [0.2, 0.25) is 0 Å². The SMILES string of the molecule is O=C(C[C@H]1[NH2+][C@H]2CCCC[C@H]2NC1=O)Nc1ccc2c(c1)OCO2. The lowest BCUT2D eigenvalue weighted by atomic mass is 9.87. The largest absolute Gasteiger partial charge is 0.454 e. The van der Waals surface area contributed by atoms with Gasteiger partial charge in [0.25, 0.3) is 5.91 Å². The van der Waals surface area contributed by atoms with Crippen LogP contribution in [-0.2, 0) is 9.59 Å². The molecule has 0 unspecified atom stereocenters. The highest BCUT2D eigenvalue weighted by atomic mass is 16.7. The van der Waals surface area contributed by atoms with Crippen molar-refractivity contribution in [1.29, 1.82) is 0 Å². The molecule has 3 atom stereocenters. The van der Waals surface area contributed by atoms with Crippen LogP contribution >= 0.6 is 0 Å². The van der Waals surface area contributed by atoms with E-state index in [1.54, 1.807) is 18.2 Å². The molecule has 1 saturated heterocycles. The second kappa shape index (κ2) is 6.32. The number of hydrogen-bond donors (Lipinski definition) is 3. The van der Waals surface area contributed by atoms with Gasteiger partial charge in [0.05, 0.1) is 12.5 Å². The van der Waals surface area contributed by atoms with Gasteiger partial charge in [-0.1, -0.05) is 6.42 Å². The normalized spacial score (nSPS) is 28.0. The van der Waals surface area contributed by atoms with E-state index in [1.165, 1.54) is 12.8 Å². The monoisotopic (exact) mass is 332 g/mol. The number of piperazine rings is 1. The van der Waals surface area contributed by atoms with Gasteiger partial charge >= 0.3 is 0 Å². The zero-order valence-corrected chi connectivity index (χ0v) is 13.4. The van der Waals surface area contributed by atoms with E-state index in [0.29, 0.717) is 23.2 Å². The van der Waals surface area contributed by atoms with Gasteiger partial charge in [-0.2, -0.15) is 0 Å². The van der Waals surface area contributed by atoms with E-state index in [9.17, 15) is 9.59 Å². The predicted molar refractivity (Wildman–Crippen MR) is 85.7 cm³/mol. The average molecular weight is 332 g/mol. The van der Waals surface area contributed by atoms with E-state index in [4.69, 9.17) is 9.47 Å². The van der Waals surface area contributed by atoms with Gasteiger partial charge in [-0.3, -0.25) is 9.59 Å². The summed E-state index contributed by atoms with van der Waals surface area (Å²) in [6.07, 6.45) is 4.69. The maximum Gasteiger partial charge on any atom is 0.279 e. The number of nitrogens with two attached hydrogens (primary N) is 1. The quantitative estimate of drug-likeness (QED) is 0.733. The first-order valence-electron chi connectivity index (χ1n) is 8.54. The Hall–Kier alpha value is -2.28. The van der Waals surface area contributed by atoms with Crippen LogP contribution in [0.3, 0.4) is 0 Å². The van der Waals surface area contributed by atoms with Crippen molar-refractivity contribution in [3.8, 4) is 11.5 Å². The van der Waals surface area contributed by atoms with Gasteiger partial charge < -0.3 is 25.4 Å². The van der Waals surface area contributed by atoms with Gasteiger partial charge in [0.1, 0.15) is 6.04 Å². The topological polar surface area (TPSA) is 93.3 Å². The molecule has 1 aromatic rings. The Morgan fingerprint density at radius 1 is 1.25 bits per heavy atom. The Kier molecular flexibility index (Phi) is 4.02. The number of carbonyl (C=O) groups excluding carboxylic acids is 2. The third kappa shape index (κ3) is 3.03. The number of hydrogen-bond acceptors (Lipinski definition) is 4. The first kappa shape index (κ1) is 15.3. The molecule has 2 fully saturated rings. The molecule has 1 aliphatic carbocycles. The number of benzene rings is 1. The molecule has 1 aromatic carbocycles. The van der Waals surface area contributed by atoms with Gasteiger partial charge in [0.2, 0.25) is 12.7 Å². The van der Waals surface area contributed by atoms with Crippen molar-refractivity contribution in [3.63, 3.8) is 0 Å². The third-order valence-corrected chi connectivity index (χ3v) is 5.02. The standard InChI is InChI=1S/C17H21N3O4/c21-16(18-10-5-6-14-15(7-10)24-9-23-14)8-13-17(22)20-12-4-2-1-3-11(12)19-13/h5-7,11-13,19H,1-4,8-9H2,(H,18,21)(H,20,22)/p+1/t11-,12+,13+/m0/s1. The van der Waals surface area contributed by atoms with E-state index in [2.05, 4.69) is 16.0 Å². The predicted octanol–water partition coefficient (Wildman–Crippen LogP) is 0.117. The molecule has 2 aliphatic heterocycles. The number of anilines is 1. The van der Waals surface area contributed by atoms with Crippen molar-refractivity contribution < 1.29 is 24.4 Å². The highest BCUT2D eigenvalue weighted by Gasteiger charge is 2.40. The Morgan fingerprint density at radius 3 is 3.00 bits per heavy atom. The maximum absolute atomic E-state index is 12.3. The molecule has 2 heterocycles. The van der Waals surface area contributed by atoms with Crippen LogP contribution in [0.4, 0.5) is 5.69 Å². The summed E-state index contributed by atoms with van der Waals surface area (Å²) in [5.74, 6) is 1.11. The molecule has 0 radical (unpaired) electrons. The molecule has 4 rings (SSSR count). The van der Waals surface area contributed by atoms with Crippen LogP contribution in [0.25, 0.3) is 0 Å². The molecular formula is C17H22N3O4+. The number of amides is 2. The van der Waals surface area contributed by atoms with Crippen LogP contribution in [0.15, 0.2) is 18.2 Å². The van der Waals surface area contributed by atoms with E-state index in [0.717, 1.165) is 12.8 Å².